The van der Waals surface area contributed by atoms with Crippen LogP contribution in [0.1, 0.15) is 36.8 Å². The number of nitrogens with zero attached hydrogens (tertiary/aromatic N) is 1. The lowest BCUT2D eigenvalue weighted by molar-refractivity contribution is -0.0798. The maximum Gasteiger partial charge on any atom is 0.250 e. The average molecular weight is 315 g/mol. The Morgan fingerprint density at radius 1 is 1.00 bits per heavy atom. The summed E-state index contributed by atoms with van der Waals surface area (Å²) in [7, 11) is 0. The Morgan fingerprint density at radius 3 is 2.00 bits per heavy atom. The lowest BCUT2D eigenvalue weighted by Crippen LogP contribution is -2.49. The fourth-order valence-corrected chi connectivity index (χ4v) is 3.69. The van der Waals surface area contributed by atoms with Crippen LogP contribution in [-0.4, -0.2) is 30.0 Å². The largest absolute Gasteiger partial charge is 0.299 e. The van der Waals surface area contributed by atoms with Crippen LogP contribution in [0.4, 0.5) is 8.78 Å². The minimum absolute atomic E-state index is 0.0245. The van der Waals surface area contributed by atoms with Gasteiger partial charge in [0.05, 0.1) is 0 Å². The van der Waals surface area contributed by atoms with Crippen molar-refractivity contribution in [1.29, 1.82) is 0 Å². The van der Waals surface area contributed by atoms with Gasteiger partial charge in [-0.05, 0) is 17.7 Å². The molecular formula is C20H23F2N. The molecule has 0 bridgehead atoms. The fraction of sp³-hybridized carbons (Fsp3) is 0.400. The number of hydrogen-bond acceptors (Lipinski definition) is 1. The van der Waals surface area contributed by atoms with Crippen LogP contribution in [-0.2, 0) is 0 Å². The smallest absolute Gasteiger partial charge is 0.250 e. The Labute approximate surface area is 136 Å². The molecule has 3 heteroatoms. The van der Waals surface area contributed by atoms with Crippen molar-refractivity contribution >= 4 is 0 Å². The molecule has 0 spiro atoms. The van der Waals surface area contributed by atoms with Gasteiger partial charge in [-0.3, -0.25) is 4.90 Å². The minimum atomic E-state index is -2.57. The summed E-state index contributed by atoms with van der Waals surface area (Å²) in [4.78, 5) is 2.21. The Kier molecular flexibility index (Phi) is 4.76. The van der Waals surface area contributed by atoms with E-state index in [-0.39, 0.29) is 24.8 Å². The molecule has 1 atom stereocenters. The summed E-state index contributed by atoms with van der Waals surface area (Å²) in [5, 5.41) is 0. The molecule has 0 aliphatic carbocycles. The standard InChI is InChI=1S/C20H23F2N/c1-2-23-14-13-20(21,22)15-18(23)19(16-9-5-3-6-10-16)17-11-7-4-8-12-17/h3-12,18-19H,2,13-15H2,1H3. The van der Waals surface area contributed by atoms with Crippen LogP contribution in [0.15, 0.2) is 60.7 Å². The van der Waals surface area contributed by atoms with Gasteiger partial charge in [-0.25, -0.2) is 8.78 Å². The molecule has 0 radical (unpaired) electrons. The second-order valence-corrected chi connectivity index (χ2v) is 6.31. The molecule has 0 aromatic heterocycles. The number of benzene rings is 2. The van der Waals surface area contributed by atoms with Gasteiger partial charge in [-0.1, -0.05) is 67.6 Å². The molecule has 23 heavy (non-hydrogen) atoms. The zero-order valence-electron chi connectivity index (χ0n) is 13.5. The highest BCUT2D eigenvalue weighted by Gasteiger charge is 2.43. The molecule has 1 heterocycles. The van der Waals surface area contributed by atoms with Crippen LogP contribution in [0.2, 0.25) is 0 Å². The zero-order valence-corrected chi connectivity index (χ0v) is 13.5. The number of likely N-dealkylation sites (N-methyl/N-ethyl adjacent to an activating group) is 1. The summed E-state index contributed by atoms with van der Waals surface area (Å²) in [5.41, 5.74) is 2.22. The van der Waals surface area contributed by atoms with Gasteiger partial charge >= 0.3 is 0 Å². The van der Waals surface area contributed by atoms with Crippen molar-refractivity contribution in [2.24, 2.45) is 0 Å². The molecule has 1 aliphatic heterocycles. The van der Waals surface area contributed by atoms with E-state index < -0.39 is 5.92 Å². The number of hydrogen-bond donors (Lipinski definition) is 0. The van der Waals surface area contributed by atoms with Gasteiger partial charge in [0.1, 0.15) is 0 Å². The second kappa shape index (κ2) is 6.79. The van der Waals surface area contributed by atoms with Gasteiger partial charge in [-0.15, -0.1) is 0 Å². The van der Waals surface area contributed by atoms with Crippen molar-refractivity contribution in [3.8, 4) is 0 Å². The Morgan fingerprint density at radius 2 is 1.52 bits per heavy atom. The number of rotatable bonds is 4. The summed E-state index contributed by atoms with van der Waals surface area (Å²) >= 11 is 0. The molecule has 1 aliphatic rings. The van der Waals surface area contributed by atoms with E-state index in [0.29, 0.717) is 6.54 Å². The summed E-state index contributed by atoms with van der Waals surface area (Å²) in [6, 6.07) is 19.9. The quantitative estimate of drug-likeness (QED) is 0.772. The Bertz CT molecular complexity index is 573. The molecule has 1 fully saturated rings. The molecule has 0 N–H and O–H groups in total. The van der Waals surface area contributed by atoms with E-state index in [9.17, 15) is 8.78 Å². The van der Waals surface area contributed by atoms with Gasteiger partial charge in [-0.2, -0.15) is 0 Å². The van der Waals surface area contributed by atoms with E-state index >= 15 is 0 Å². The highest BCUT2D eigenvalue weighted by molar-refractivity contribution is 5.34. The Hall–Kier alpha value is -1.74. The van der Waals surface area contributed by atoms with E-state index in [1.165, 1.54) is 0 Å². The maximum atomic E-state index is 14.1. The van der Waals surface area contributed by atoms with Gasteiger partial charge in [0.2, 0.25) is 0 Å². The molecule has 0 saturated carbocycles. The van der Waals surface area contributed by atoms with Crippen LogP contribution in [0.25, 0.3) is 0 Å². The molecule has 1 nitrogen and oxygen atoms in total. The molecule has 1 unspecified atom stereocenters. The normalized spacial score (nSPS) is 21.5. The van der Waals surface area contributed by atoms with Crippen LogP contribution < -0.4 is 0 Å². The number of alkyl halides is 2. The predicted octanol–water partition coefficient (Wildman–Crippen LogP) is 4.94. The number of piperidine rings is 1. The van der Waals surface area contributed by atoms with Crippen molar-refractivity contribution in [2.75, 3.05) is 13.1 Å². The molecule has 2 aromatic rings. The summed E-state index contributed by atoms with van der Waals surface area (Å²) in [5.74, 6) is -2.60. The third-order valence-corrected chi connectivity index (χ3v) is 4.85. The lowest BCUT2D eigenvalue weighted by atomic mass is 9.79. The van der Waals surface area contributed by atoms with Crippen molar-refractivity contribution in [3.05, 3.63) is 71.8 Å². The Balaban J connectivity index is 2.03. The summed E-state index contributed by atoms with van der Waals surface area (Å²) in [6.07, 6.45) is -0.108. The van der Waals surface area contributed by atoms with E-state index in [1.807, 2.05) is 36.4 Å². The minimum Gasteiger partial charge on any atom is -0.299 e. The lowest BCUT2D eigenvalue weighted by Gasteiger charge is -2.43. The molecule has 1 saturated heterocycles. The van der Waals surface area contributed by atoms with Crippen LogP contribution in [0.3, 0.4) is 0 Å². The first-order valence-electron chi connectivity index (χ1n) is 8.32. The third-order valence-electron chi connectivity index (χ3n) is 4.85. The van der Waals surface area contributed by atoms with Gasteiger partial charge in [0.15, 0.2) is 0 Å². The number of halogens is 2. The maximum absolute atomic E-state index is 14.1. The average Bonchev–Trinajstić information content (AvgIpc) is 2.57. The first-order valence-corrected chi connectivity index (χ1v) is 8.32. The monoisotopic (exact) mass is 315 g/mol. The zero-order chi connectivity index (χ0) is 16.3. The first kappa shape index (κ1) is 16.1. The molecule has 0 amide bonds. The summed E-state index contributed by atoms with van der Waals surface area (Å²) in [6.45, 7) is 3.32. The first-order chi connectivity index (χ1) is 11.1. The SMILES string of the molecule is CCN1CCC(F)(F)CC1C(c1ccccc1)c1ccccc1. The van der Waals surface area contributed by atoms with Crippen molar-refractivity contribution < 1.29 is 8.78 Å². The van der Waals surface area contributed by atoms with E-state index in [4.69, 9.17) is 0 Å². The topological polar surface area (TPSA) is 3.24 Å². The predicted molar refractivity (Wildman–Crippen MR) is 89.9 cm³/mol. The van der Waals surface area contributed by atoms with Crippen LogP contribution in [0, 0.1) is 0 Å². The van der Waals surface area contributed by atoms with Gasteiger partial charge in [0.25, 0.3) is 5.92 Å². The van der Waals surface area contributed by atoms with Crippen molar-refractivity contribution in [1.82, 2.24) is 4.90 Å². The van der Waals surface area contributed by atoms with E-state index in [1.54, 1.807) is 0 Å². The summed E-state index contributed by atoms with van der Waals surface area (Å²) < 4.78 is 28.3. The van der Waals surface area contributed by atoms with Crippen LogP contribution in [0.5, 0.6) is 0 Å². The third kappa shape index (κ3) is 3.61. The van der Waals surface area contributed by atoms with Crippen molar-refractivity contribution in [3.63, 3.8) is 0 Å². The molecule has 2 aromatic carbocycles. The molecule has 3 rings (SSSR count). The van der Waals surface area contributed by atoms with Gasteiger partial charge < -0.3 is 0 Å². The highest BCUT2D eigenvalue weighted by Crippen LogP contribution is 2.40. The number of likely N-dealkylation sites (tertiary alicyclic amines) is 1. The fourth-order valence-electron chi connectivity index (χ4n) is 3.69. The highest BCUT2D eigenvalue weighted by atomic mass is 19.3. The molecular weight excluding hydrogens is 292 g/mol. The van der Waals surface area contributed by atoms with Gasteiger partial charge in [0, 0.05) is 31.3 Å². The van der Waals surface area contributed by atoms with Crippen LogP contribution >= 0.6 is 0 Å². The van der Waals surface area contributed by atoms with E-state index in [0.717, 1.165) is 17.7 Å². The van der Waals surface area contributed by atoms with E-state index in [2.05, 4.69) is 36.1 Å². The molecule has 122 valence electrons. The second-order valence-electron chi connectivity index (χ2n) is 6.31. The van der Waals surface area contributed by atoms with Crippen molar-refractivity contribution in [2.45, 2.75) is 37.6 Å².